The number of hydrogen-bond acceptors (Lipinski definition) is 6. The van der Waals surface area contributed by atoms with Gasteiger partial charge in [-0.25, -0.2) is 4.98 Å². The fourth-order valence-electron chi connectivity index (χ4n) is 2.09. The third kappa shape index (κ3) is 2.51. The van der Waals surface area contributed by atoms with Gasteiger partial charge in [0.1, 0.15) is 11.5 Å². The number of aromatic nitrogens is 2. The van der Waals surface area contributed by atoms with Crippen LogP contribution >= 0.6 is 0 Å². The van der Waals surface area contributed by atoms with Gasteiger partial charge in [-0.1, -0.05) is 0 Å². The number of carboxylic acid groups (broad SMARTS) is 1. The molecule has 0 unspecified atom stereocenters. The van der Waals surface area contributed by atoms with Crippen LogP contribution in [0.3, 0.4) is 0 Å². The molecule has 0 N–H and O–H groups in total. The van der Waals surface area contributed by atoms with E-state index < -0.39 is 5.97 Å². The molecule has 18 heavy (non-hydrogen) atoms. The Bertz CT molecular complexity index is 465. The molecule has 3 rings (SSSR count). The van der Waals surface area contributed by atoms with E-state index in [1.165, 1.54) is 6.20 Å². The third-order valence-electron chi connectivity index (χ3n) is 3.21. The zero-order chi connectivity index (χ0) is 11.9. The summed E-state index contributed by atoms with van der Waals surface area (Å²) >= 11 is 0. The largest absolute Gasteiger partial charge is 1.00 e. The summed E-state index contributed by atoms with van der Waals surface area (Å²) in [4.78, 5) is 20.7. The minimum Gasteiger partial charge on any atom is -0.543 e. The van der Waals surface area contributed by atoms with Gasteiger partial charge in [-0.2, -0.15) is 0 Å². The number of carbonyl (C=O) groups is 1. The molecule has 2 fully saturated rings. The van der Waals surface area contributed by atoms with Gasteiger partial charge in [0.05, 0.1) is 30.6 Å². The van der Waals surface area contributed by atoms with E-state index in [1.807, 2.05) is 4.90 Å². The van der Waals surface area contributed by atoms with E-state index in [1.54, 1.807) is 6.20 Å². The van der Waals surface area contributed by atoms with E-state index in [-0.39, 0.29) is 30.2 Å². The van der Waals surface area contributed by atoms with E-state index >= 15 is 0 Å². The standard InChI is InChI=1S/C11H13N3O3.Li/c15-10(16)8-5-12-6-9(13-8)14-3-4-17-11(7-14)1-2-11;/h5-6H,1-4,7H2,(H,15,16);/q;+1/p-1. The quantitative estimate of drug-likeness (QED) is 0.494. The topological polar surface area (TPSA) is 78.4 Å². The molecule has 1 saturated heterocycles. The zero-order valence-electron chi connectivity index (χ0n) is 10.3. The van der Waals surface area contributed by atoms with Crippen molar-refractivity contribution < 1.29 is 33.5 Å². The van der Waals surface area contributed by atoms with Gasteiger partial charge in [-0.15, -0.1) is 0 Å². The molecule has 0 radical (unpaired) electrons. The second kappa shape index (κ2) is 4.88. The van der Waals surface area contributed by atoms with Crippen LogP contribution in [0.1, 0.15) is 23.3 Å². The minimum atomic E-state index is -1.30. The van der Waals surface area contributed by atoms with Gasteiger partial charge in [0.15, 0.2) is 0 Å². The Hall–Kier alpha value is -1.09. The Kier molecular flexibility index (Phi) is 3.62. The average molecular weight is 241 g/mol. The SMILES string of the molecule is O=C([O-])c1cncc(N2CCOC3(CC3)C2)n1.[Li+]. The van der Waals surface area contributed by atoms with Crippen molar-refractivity contribution in [3.63, 3.8) is 0 Å². The van der Waals surface area contributed by atoms with Crippen molar-refractivity contribution in [2.24, 2.45) is 0 Å². The van der Waals surface area contributed by atoms with Crippen molar-refractivity contribution in [1.82, 2.24) is 9.97 Å². The molecule has 2 heterocycles. The molecule has 0 aromatic carbocycles. The maximum Gasteiger partial charge on any atom is 1.00 e. The molecule has 7 heteroatoms. The first-order valence-electron chi connectivity index (χ1n) is 5.61. The van der Waals surface area contributed by atoms with Crippen molar-refractivity contribution in [2.45, 2.75) is 18.4 Å². The summed E-state index contributed by atoms with van der Waals surface area (Å²) < 4.78 is 5.69. The second-order valence-corrected chi connectivity index (χ2v) is 4.50. The molecule has 0 atom stereocenters. The normalized spacial score (nSPS) is 20.3. The van der Waals surface area contributed by atoms with Crippen LogP contribution in [-0.2, 0) is 4.74 Å². The third-order valence-corrected chi connectivity index (χ3v) is 3.21. The number of aromatic carboxylic acids is 1. The van der Waals surface area contributed by atoms with Crippen molar-refractivity contribution in [1.29, 1.82) is 0 Å². The van der Waals surface area contributed by atoms with E-state index in [9.17, 15) is 9.90 Å². The maximum absolute atomic E-state index is 10.7. The van der Waals surface area contributed by atoms with Crippen LogP contribution in [0.4, 0.5) is 5.82 Å². The van der Waals surface area contributed by atoms with Gasteiger partial charge in [-0.05, 0) is 12.8 Å². The number of rotatable bonds is 2. The molecule has 1 saturated carbocycles. The molecular formula is C11H12LiN3O3. The summed E-state index contributed by atoms with van der Waals surface area (Å²) in [6.07, 6.45) is 4.91. The van der Waals surface area contributed by atoms with Crippen LogP contribution in [-0.4, -0.2) is 41.2 Å². The first-order chi connectivity index (χ1) is 8.19. The molecule has 0 amide bonds. The maximum atomic E-state index is 10.7. The summed E-state index contributed by atoms with van der Waals surface area (Å²) in [6, 6.07) is 0. The van der Waals surface area contributed by atoms with E-state index in [2.05, 4.69) is 9.97 Å². The molecule has 1 spiro atoms. The summed E-state index contributed by atoms with van der Waals surface area (Å²) in [5.74, 6) is -0.713. The van der Waals surface area contributed by atoms with Crippen LogP contribution < -0.4 is 28.9 Å². The molecule has 1 aliphatic carbocycles. The van der Waals surface area contributed by atoms with E-state index in [0.29, 0.717) is 19.0 Å². The molecule has 1 aromatic heterocycles. The van der Waals surface area contributed by atoms with E-state index in [4.69, 9.17) is 4.74 Å². The molecule has 6 nitrogen and oxygen atoms in total. The van der Waals surface area contributed by atoms with E-state index in [0.717, 1.165) is 19.4 Å². The number of carbonyl (C=O) groups excluding carboxylic acids is 1. The molecule has 1 aromatic rings. The zero-order valence-corrected chi connectivity index (χ0v) is 10.3. The predicted molar refractivity (Wildman–Crippen MR) is 56.5 cm³/mol. The summed E-state index contributed by atoms with van der Waals surface area (Å²) in [7, 11) is 0. The summed E-state index contributed by atoms with van der Waals surface area (Å²) in [5, 5.41) is 10.7. The van der Waals surface area contributed by atoms with Crippen LogP contribution in [0.15, 0.2) is 12.4 Å². The number of hydrogen-bond donors (Lipinski definition) is 0. The number of carboxylic acids is 1. The van der Waals surface area contributed by atoms with Gasteiger partial charge in [-0.3, -0.25) is 4.98 Å². The second-order valence-electron chi connectivity index (χ2n) is 4.50. The van der Waals surface area contributed by atoms with Crippen molar-refractivity contribution in [2.75, 3.05) is 24.6 Å². The Morgan fingerprint density at radius 2 is 2.22 bits per heavy atom. The number of nitrogens with zero attached hydrogens (tertiary/aromatic N) is 3. The Morgan fingerprint density at radius 3 is 2.89 bits per heavy atom. The number of morpholine rings is 1. The monoisotopic (exact) mass is 241 g/mol. The number of ether oxygens (including phenoxy) is 1. The summed E-state index contributed by atoms with van der Waals surface area (Å²) in [5.41, 5.74) is -0.143. The first-order valence-corrected chi connectivity index (χ1v) is 5.61. The number of anilines is 1. The molecule has 90 valence electrons. The predicted octanol–water partition coefficient (Wildman–Crippen LogP) is -3.79. The van der Waals surface area contributed by atoms with Crippen LogP contribution in [0.2, 0.25) is 0 Å². The van der Waals surface area contributed by atoms with Gasteiger partial charge in [0, 0.05) is 13.1 Å². The van der Waals surface area contributed by atoms with Crippen molar-refractivity contribution >= 4 is 11.8 Å². The molecular weight excluding hydrogens is 229 g/mol. The fourth-order valence-corrected chi connectivity index (χ4v) is 2.09. The van der Waals surface area contributed by atoms with Gasteiger partial charge in [0.2, 0.25) is 0 Å². The van der Waals surface area contributed by atoms with Gasteiger partial charge < -0.3 is 19.5 Å². The Labute approximate surface area is 117 Å². The van der Waals surface area contributed by atoms with Crippen LogP contribution in [0.25, 0.3) is 0 Å². The van der Waals surface area contributed by atoms with Crippen LogP contribution in [0.5, 0.6) is 0 Å². The molecule has 2 aliphatic rings. The minimum absolute atomic E-state index is 0. The van der Waals surface area contributed by atoms with Crippen LogP contribution in [0, 0.1) is 0 Å². The van der Waals surface area contributed by atoms with Gasteiger partial charge in [0.25, 0.3) is 0 Å². The summed E-state index contributed by atoms with van der Waals surface area (Å²) in [6.45, 7) is 2.13. The molecule has 1 aliphatic heterocycles. The van der Waals surface area contributed by atoms with Crippen molar-refractivity contribution in [3.8, 4) is 0 Å². The smallest absolute Gasteiger partial charge is 0.543 e. The first kappa shape index (κ1) is 13.3. The Balaban J connectivity index is 0.00000120. The van der Waals surface area contributed by atoms with Crippen molar-refractivity contribution in [3.05, 3.63) is 18.1 Å². The average Bonchev–Trinajstić information content (AvgIpc) is 3.08. The molecule has 0 bridgehead atoms. The fraction of sp³-hybridized carbons (Fsp3) is 0.545. The van der Waals surface area contributed by atoms with Gasteiger partial charge >= 0.3 is 18.9 Å². The Morgan fingerprint density at radius 1 is 1.44 bits per heavy atom.